The van der Waals surface area contributed by atoms with Crippen LogP contribution < -0.4 is 10.6 Å². The van der Waals surface area contributed by atoms with Gasteiger partial charge >= 0.3 is 0 Å². The largest absolute Gasteiger partial charge is 0.358 e. The lowest BCUT2D eigenvalue weighted by atomic mass is 10.1. The van der Waals surface area contributed by atoms with Gasteiger partial charge in [-0.2, -0.15) is 0 Å². The molecular weight excluding hydrogens is 294 g/mol. The second kappa shape index (κ2) is 5.67. The molecule has 0 amide bonds. The summed E-state index contributed by atoms with van der Waals surface area (Å²) in [5, 5.41) is 8.99. The molecule has 0 radical (unpaired) electrons. The third kappa shape index (κ3) is 2.36. The summed E-state index contributed by atoms with van der Waals surface area (Å²) < 4.78 is 0. The standard InChI is InChI=1S/C18H18ClN3/c19-13-4-1-2-5-15(13)22-17-7-3-6-16-18(17)12-8-10-20-11-9-14(12)21-16/h1-7,20-22H,8-11H2. The summed E-state index contributed by atoms with van der Waals surface area (Å²) in [7, 11) is 0. The van der Waals surface area contributed by atoms with Gasteiger partial charge in [0.25, 0.3) is 0 Å². The fraction of sp³-hybridized carbons (Fsp3) is 0.222. The first kappa shape index (κ1) is 13.7. The molecule has 0 unspecified atom stereocenters. The summed E-state index contributed by atoms with van der Waals surface area (Å²) in [5.74, 6) is 0. The summed E-state index contributed by atoms with van der Waals surface area (Å²) in [5.41, 5.74) is 6.04. The topological polar surface area (TPSA) is 39.9 Å². The van der Waals surface area contributed by atoms with Crippen molar-refractivity contribution < 1.29 is 0 Å². The minimum absolute atomic E-state index is 0.739. The van der Waals surface area contributed by atoms with Crippen LogP contribution in [-0.2, 0) is 12.8 Å². The molecule has 22 heavy (non-hydrogen) atoms. The van der Waals surface area contributed by atoms with Gasteiger partial charge in [0.05, 0.1) is 10.7 Å². The maximum Gasteiger partial charge on any atom is 0.0640 e. The SMILES string of the molecule is Clc1ccccc1Nc1cccc2[nH]c3c(c12)CCNCC3. The van der Waals surface area contributed by atoms with E-state index in [1.807, 2.05) is 24.3 Å². The molecule has 2 heterocycles. The average Bonchev–Trinajstić information content (AvgIpc) is 2.73. The van der Waals surface area contributed by atoms with Crippen LogP contribution in [0.1, 0.15) is 11.3 Å². The quantitative estimate of drug-likeness (QED) is 0.662. The molecule has 3 aromatic rings. The number of H-pyrrole nitrogens is 1. The zero-order valence-corrected chi connectivity index (χ0v) is 13.0. The number of benzene rings is 2. The molecule has 0 saturated heterocycles. The van der Waals surface area contributed by atoms with Crippen LogP contribution in [0, 0.1) is 0 Å². The predicted octanol–water partition coefficient (Wildman–Crippen LogP) is 4.25. The van der Waals surface area contributed by atoms with E-state index in [4.69, 9.17) is 11.6 Å². The highest BCUT2D eigenvalue weighted by Gasteiger charge is 2.16. The van der Waals surface area contributed by atoms with Gasteiger partial charge < -0.3 is 15.6 Å². The molecule has 3 nitrogen and oxygen atoms in total. The highest BCUT2D eigenvalue weighted by atomic mass is 35.5. The molecule has 0 spiro atoms. The Hall–Kier alpha value is -1.97. The highest BCUT2D eigenvalue weighted by molar-refractivity contribution is 6.33. The maximum absolute atomic E-state index is 6.29. The van der Waals surface area contributed by atoms with E-state index in [0.717, 1.165) is 42.3 Å². The first-order valence-electron chi connectivity index (χ1n) is 7.67. The second-order valence-electron chi connectivity index (χ2n) is 5.67. The lowest BCUT2D eigenvalue weighted by Crippen LogP contribution is -2.16. The first-order chi connectivity index (χ1) is 10.8. The molecular formula is C18H18ClN3. The Kier molecular flexibility index (Phi) is 3.53. The number of hydrogen-bond donors (Lipinski definition) is 3. The molecule has 0 saturated carbocycles. The van der Waals surface area contributed by atoms with Crippen molar-refractivity contribution in [3.63, 3.8) is 0 Å². The van der Waals surface area contributed by atoms with Crippen molar-refractivity contribution >= 4 is 33.9 Å². The fourth-order valence-electron chi connectivity index (χ4n) is 3.22. The number of nitrogens with one attached hydrogen (secondary N) is 3. The molecule has 1 aliphatic heterocycles. The Balaban J connectivity index is 1.84. The predicted molar refractivity (Wildman–Crippen MR) is 93.3 cm³/mol. The smallest absolute Gasteiger partial charge is 0.0640 e. The Bertz CT molecular complexity index is 822. The number of aromatic nitrogens is 1. The Morgan fingerprint density at radius 3 is 2.64 bits per heavy atom. The van der Waals surface area contributed by atoms with Crippen LogP contribution in [0.15, 0.2) is 42.5 Å². The van der Waals surface area contributed by atoms with Gasteiger partial charge in [-0.1, -0.05) is 29.8 Å². The molecule has 0 atom stereocenters. The summed E-state index contributed by atoms with van der Waals surface area (Å²) >= 11 is 6.29. The number of fused-ring (bicyclic) bond motifs is 3. The van der Waals surface area contributed by atoms with Gasteiger partial charge in [0.2, 0.25) is 0 Å². The summed E-state index contributed by atoms with van der Waals surface area (Å²) in [6.45, 7) is 2.06. The maximum atomic E-state index is 6.29. The number of anilines is 2. The first-order valence-corrected chi connectivity index (χ1v) is 8.05. The van der Waals surface area contributed by atoms with Crippen LogP contribution in [0.4, 0.5) is 11.4 Å². The molecule has 0 aliphatic carbocycles. The van der Waals surface area contributed by atoms with Gasteiger partial charge in [0.15, 0.2) is 0 Å². The molecule has 112 valence electrons. The van der Waals surface area contributed by atoms with Crippen molar-refractivity contribution in [1.82, 2.24) is 10.3 Å². The van der Waals surface area contributed by atoms with E-state index in [1.165, 1.54) is 22.2 Å². The van der Waals surface area contributed by atoms with Crippen LogP contribution in [0.5, 0.6) is 0 Å². The normalized spacial score (nSPS) is 14.6. The lowest BCUT2D eigenvalue weighted by Gasteiger charge is -2.11. The Morgan fingerprint density at radius 2 is 1.73 bits per heavy atom. The summed E-state index contributed by atoms with van der Waals surface area (Å²) in [6.07, 6.45) is 2.10. The van der Waals surface area contributed by atoms with Crippen molar-refractivity contribution in [2.24, 2.45) is 0 Å². The number of halogens is 1. The number of aromatic amines is 1. The van der Waals surface area contributed by atoms with E-state index in [0.29, 0.717) is 0 Å². The monoisotopic (exact) mass is 311 g/mol. The number of hydrogen-bond acceptors (Lipinski definition) is 2. The van der Waals surface area contributed by atoms with Crippen LogP contribution in [0.3, 0.4) is 0 Å². The minimum Gasteiger partial charge on any atom is -0.358 e. The van der Waals surface area contributed by atoms with Crippen molar-refractivity contribution in [2.45, 2.75) is 12.8 Å². The van der Waals surface area contributed by atoms with Crippen LogP contribution >= 0.6 is 11.6 Å². The molecule has 0 fully saturated rings. The number of para-hydroxylation sites is 1. The van der Waals surface area contributed by atoms with Crippen LogP contribution in [0.2, 0.25) is 5.02 Å². The second-order valence-corrected chi connectivity index (χ2v) is 6.07. The van der Waals surface area contributed by atoms with Crippen molar-refractivity contribution in [1.29, 1.82) is 0 Å². The third-order valence-electron chi connectivity index (χ3n) is 4.26. The van der Waals surface area contributed by atoms with E-state index in [-0.39, 0.29) is 0 Å². The van der Waals surface area contributed by atoms with Crippen molar-refractivity contribution in [2.75, 3.05) is 18.4 Å². The van der Waals surface area contributed by atoms with Crippen LogP contribution in [-0.4, -0.2) is 18.1 Å². The van der Waals surface area contributed by atoms with E-state index in [9.17, 15) is 0 Å². The molecule has 1 aromatic heterocycles. The van der Waals surface area contributed by atoms with E-state index in [2.05, 4.69) is 33.8 Å². The Labute approximate surface area is 134 Å². The van der Waals surface area contributed by atoms with Crippen molar-refractivity contribution in [3.8, 4) is 0 Å². The van der Waals surface area contributed by atoms with Crippen LogP contribution in [0.25, 0.3) is 10.9 Å². The number of rotatable bonds is 2. The molecule has 4 heteroatoms. The summed E-state index contributed by atoms with van der Waals surface area (Å²) in [6, 6.07) is 14.2. The summed E-state index contributed by atoms with van der Waals surface area (Å²) in [4.78, 5) is 3.58. The van der Waals surface area contributed by atoms with Gasteiger partial charge in [-0.3, -0.25) is 0 Å². The molecule has 2 aromatic carbocycles. The molecule has 4 rings (SSSR count). The molecule has 1 aliphatic rings. The average molecular weight is 312 g/mol. The van der Waals surface area contributed by atoms with Gasteiger partial charge in [-0.15, -0.1) is 0 Å². The van der Waals surface area contributed by atoms with Gasteiger partial charge in [-0.05, 0) is 42.8 Å². The lowest BCUT2D eigenvalue weighted by molar-refractivity contribution is 0.708. The minimum atomic E-state index is 0.739. The third-order valence-corrected chi connectivity index (χ3v) is 4.59. The van der Waals surface area contributed by atoms with Gasteiger partial charge in [-0.25, -0.2) is 0 Å². The fourth-order valence-corrected chi connectivity index (χ4v) is 3.41. The van der Waals surface area contributed by atoms with Crippen molar-refractivity contribution in [3.05, 3.63) is 58.7 Å². The van der Waals surface area contributed by atoms with E-state index < -0.39 is 0 Å². The Morgan fingerprint density at radius 1 is 0.909 bits per heavy atom. The zero-order chi connectivity index (χ0) is 14.9. The van der Waals surface area contributed by atoms with Gasteiger partial charge in [0, 0.05) is 35.2 Å². The van der Waals surface area contributed by atoms with Gasteiger partial charge in [0.1, 0.15) is 0 Å². The van der Waals surface area contributed by atoms with E-state index in [1.54, 1.807) is 0 Å². The molecule has 3 N–H and O–H groups in total. The van der Waals surface area contributed by atoms with E-state index >= 15 is 0 Å². The zero-order valence-electron chi connectivity index (χ0n) is 12.2. The highest BCUT2D eigenvalue weighted by Crippen LogP contribution is 2.34. The molecule has 0 bridgehead atoms.